The number of pyridine rings is 1. The van der Waals surface area contributed by atoms with E-state index in [-0.39, 0.29) is 11.8 Å². The van der Waals surface area contributed by atoms with Crippen molar-refractivity contribution in [1.29, 1.82) is 0 Å². The number of hydrogen-bond donors (Lipinski definition) is 1. The summed E-state index contributed by atoms with van der Waals surface area (Å²) in [7, 11) is 1.63. The Morgan fingerprint density at radius 2 is 2.29 bits per heavy atom. The van der Waals surface area contributed by atoms with Gasteiger partial charge in [-0.05, 0) is 19.1 Å². The summed E-state index contributed by atoms with van der Waals surface area (Å²) >= 11 is 1.29. The highest BCUT2D eigenvalue weighted by molar-refractivity contribution is 8.15. The van der Waals surface area contributed by atoms with Crippen LogP contribution in [0.3, 0.4) is 0 Å². The monoisotopic (exact) mass is 303 g/mol. The Morgan fingerprint density at radius 1 is 1.48 bits per heavy atom. The van der Waals surface area contributed by atoms with Gasteiger partial charge in [-0.25, -0.2) is 10.4 Å². The number of carbonyl (C=O) groups is 2. The van der Waals surface area contributed by atoms with Gasteiger partial charge in [0.2, 0.25) is 5.91 Å². The van der Waals surface area contributed by atoms with E-state index in [9.17, 15) is 9.59 Å². The zero-order valence-electron chi connectivity index (χ0n) is 11.5. The van der Waals surface area contributed by atoms with Gasteiger partial charge in [0, 0.05) is 13.2 Å². The van der Waals surface area contributed by atoms with Gasteiger partial charge in [-0.2, -0.15) is 0 Å². The molecule has 0 bridgehead atoms. The Kier molecular flexibility index (Phi) is 3.38. The standard InChI is InChI=1S/C13H13N5O2S/c1-8-11(18-6-4-3-5-9(18)14-8)12(20)15-16-13-17(2)10(19)7-21-13/h3-6H,7H2,1-2H3,(H,15,20)/b16-13-. The molecule has 108 valence electrons. The number of nitrogens with one attached hydrogen (secondary N) is 1. The van der Waals surface area contributed by atoms with Crippen molar-refractivity contribution in [3.8, 4) is 0 Å². The number of thioether (sulfide) groups is 1. The van der Waals surface area contributed by atoms with Crippen LogP contribution in [0, 0.1) is 6.92 Å². The number of fused-ring (bicyclic) bond motifs is 1. The minimum absolute atomic E-state index is 0.0287. The van der Waals surface area contributed by atoms with Crippen molar-refractivity contribution in [2.45, 2.75) is 6.92 Å². The summed E-state index contributed by atoms with van der Waals surface area (Å²) in [5.74, 6) is -0.0362. The predicted octanol–water partition coefficient (Wildman–Crippen LogP) is 0.849. The molecule has 2 aromatic rings. The Bertz CT molecular complexity index is 767. The number of imidazole rings is 1. The van der Waals surface area contributed by atoms with Crippen molar-refractivity contribution >= 4 is 34.4 Å². The fourth-order valence-corrected chi connectivity index (χ4v) is 2.92. The summed E-state index contributed by atoms with van der Waals surface area (Å²) in [5, 5.41) is 4.49. The maximum atomic E-state index is 12.3. The second-order valence-electron chi connectivity index (χ2n) is 4.55. The highest BCUT2D eigenvalue weighted by atomic mass is 32.2. The lowest BCUT2D eigenvalue weighted by Crippen LogP contribution is -2.28. The fourth-order valence-electron chi connectivity index (χ4n) is 2.07. The summed E-state index contributed by atoms with van der Waals surface area (Å²) in [4.78, 5) is 29.4. The molecule has 0 aliphatic carbocycles. The molecular weight excluding hydrogens is 290 g/mol. The maximum Gasteiger partial charge on any atom is 0.290 e. The Labute approximate surface area is 125 Å². The largest absolute Gasteiger partial charge is 0.295 e. The van der Waals surface area contributed by atoms with Crippen molar-refractivity contribution in [2.75, 3.05) is 12.8 Å². The lowest BCUT2D eigenvalue weighted by Gasteiger charge is -2.08. The molecule has 7 nitrogen and oxygen atoms in total. The number of aromatic nitrogens is 2. The normalized spacial score (nSPS) is 17.0. The minimum atomic E-state index is -0.355. The zero-order valence-corrected chi connectivity index (χ0v) is 12.3. The molecule has 0 saturated carbocycles. The van der Waals surface area contributed by atoms with Crippen LogP contribution in [0.5, 0.6) is 0 Å². The van der Waals surface area contributed by atoms with Crippen LogP contribution in [0.15, 0.2) is 29.5 Å². The van der Waals surface area contributed by atoms with Crippen molar-refractivity contribution < 1.29 is 9.59 Å². The average molecular weight is 303 g/mol. The van der Waals surface area contributed by atoms with Gasteiger partial charge >= 0.3 is 0 Å². The van der Waals surface area contributed by atoms with Gasteiger partial charge in [-0.1, -0.05) is 17.8 Å². The summed E-state index contributed by atoms with van der Waals surface area (Å²) in [6, 6.07) is 5.52. The van der Waals surface area contributed by atoms with Gasteiger partial charge in [0.1, 0.15) is 11.3 Å². The minimum Gasteiger partial charge on any atom is -0.295 e. The summed E-state index contributed by atoms with van der Waals surface area (Å²) in [6.07, 6.45) is 1.78. The Hall–Kier alpha value is -2.35. The number of nitrogens with zero attached hydrogens (tertiary/aromatic N) is 4. The SMILES string of the molecule is Cc1nc2ccccn2c1C(=O)N/N=C1\SCC(=O)N1C. The molecule has 1 saturated heterocycles. The fraction of sp³-hybridized carbons (Fsp3) is 0.231. The van der Waals surface area contributed by atoms with Gasteiger partial charge in [-0.3, -0.25) is 18.9 Å². The van der Waals surface area contributed by atoms with E-state index in [1.165, 1.54) is 16.7 Å². The molecule has 8 heteroatoms. The highest BCUT2D eigenvalue weighted by Crippen LogP contribution is 2.17. The first kappa shape index (κ1) is 13.6. The lowest BCUT2D eigenvalue weighted by molar-refractivity contribution is -0.123. The molecule has 1 aliphatic heterocycles. The quantitative estimate of drug-likeness (QED) is 0.834. The Morgan fingerprint density at radius 3 is 3.00 bits per heavy atom. The van der Waals surface area contributed by atoms with Crippen LogP contribution in [-0.4, -0.2) is 44.1 Å². The highest BCUT2D eigenvalue weighted by Gasteiger charge is 2.25. The number of amidine groups is 1. The third kappa shape index (κ3) is 2.38. The van der Waals surface area contributed by atoms with E-state index in [1.807, 2.05) is 18.2 Å². The number of rotatable bonds is 2. The van der Waals surface area contributed by atoms with Crippen LogP contribution in [0.1, 0.15) is 16.2 Å². The van der Waals surface area contributed by atoms with E-state index >= 15 is 0 Å². The van der Waals surface area contributed by atoms with Crippen LogP contribution < -0.4 is 5.43 Å². The van der Waals surface area contributed by atoms with E-state index in [1.54, 1.807) is 24.6 Å². The van der Waals surface area contributed by atoms with Crippen molar-refractivity contribution in [3.05, 3.63) is 35.8 Å². The van der Waals surface area contributed by atoms with Crippen molar-refractivity contribution in [1.82, 2.24) is 19.7 Å². The zero-order chi connectivity index (χ0) is 15.0. The number of carbonyl (C=O) groups excluding carboxylic acids is 2. The average Bonchev–Trinajstić information content (AvgIpc) is 2.97. The molecule has 0 spiro atoms. The molecule has 1 N–H and O–H groups in total. The van der Waals surface area contributed by atoms with E-state index < -0.39 is 0 Å². The molecule has 3 heterocycles. The molecular formula is C13H13N5O2S. The molecule has 1 fully saturated rings. The molecule has 2 amide bonds. The van der Waals surface area contributed by atoms with Crippen molar-refractivity contribution in [3.63, 3.8) is 0 Å². The number of hydrogen-bond acceptors (Lipinski definition) is 5. The smallest absolute Gasteiger partial charge is 0.290 e. The van der Waals surface area contributed by atoms with Crippen LogP contribution >= 0.6 is 11.8 Å². The molecule has 2 aromatic heterocycles. The Balaban J connectivity index is 1.87. The van der Waals surface area contributed by atoms with E-state index in [0.29, 0.717) is 28.0 Å². The third-order valence-corrected chi connectivity index (χ3v) is 4.17. The second kappa shape index (κ2) is 5.21. The summed E-state index contributed by atoms with van der Waals surface area (Å²) in [6.45, 7) is 1.77. The topological polar surface area (TPSA) is 79.1 Å². The molecule has 0 unspecified atom stereocenters. The van der Waals surface area contributed by atoms with Gasteiger partial charge in [0.25, 0.3) is 5.91 Å². The van der Waals surface area contributed by atoms with E-state index in [2.05, 4.69) is 15.5 Å². The van der Waals surface area contributed by atoms with Crippen LogP contribution in [-0.2, 0) is 4.79 Å². The first-order chi connectivity index (χ1) is 10.1. The van der Waals surface area contributed by atoms with Crippen LogP contribution in [0.2, 0.25) is 0 Å². The molecule has 3 rings (SSSR count). The van der Waals surface area contributed by atoms with Gasteiger partial charge in [-0.15, -0.1) is 5.10 Å². The van der Waals surface area contributed by atoms with E-state index in [0.717, 1.165) is 0 Å². The van der Waals surface area contributed by atoms with Crippen LogP contribution in [0.4, 0.5) is 0 Å². The molecule has 21 heavy (non-hydrogen) atoms. The van der Waals surface area contributed by atoms with E-state index in [4.69, 9.17) is 0 Å². The lowest BCUT2D eigenvalue weighted by atomic mass is 10.3. The van der Waals surface area contributed by atoms with Crippen molar-refractivity contribution in [2.24, 2.45) is 5.10 Å². The summed E-state index contributed by atoms with van der Waals surface area (Å²) < 4.78 is 1.71. The second-order valence-corrected chi connectivity index (χ2v) is 5.49. The van der Waals surface area contributed by atoms with Gasteiger partial charge in [0.05, 0.1) is 11.4 Å². The first-order valence-electron chi connectivity index (χ1n) is 6.29. The molecule has 0 atom stereocenters. The number of aryl methyl sites for hydroxylation is 1. The molecule has 0 aromatic carbocycles. The molecule has 1 aliphatic rings. The molecule has 0 radical (unpaired) electrons. The van der Waals surface area contributed by atoms with Crippen LogP contribution in [0.25, 0.3) is 5.65 Å². The first-order valence-corrected chi connectivity index (χ1v) is 7.27. The number of amides is 2. The van der Waals surface area contributed by atoms with Gasteiger partial charge < -0.3 is 0 Å². The predicted molar refractivity (Wildman–Crippen MR) is 80.1 cm³/mol. The number of hydrazone groups is 1. The maximum absolute atomic E-state index is 12.3. The third-order valence-electron chi connectivity index (χ3n) is 3.16. The summed E-state index contributed by atoms with van der Waals surface area (Å²) in [5.41, 5.74) is 4.25. The van der Waals surface area contributed by atoms with Gasteiger partial charge in [0.15, 0.2) is 5.17 Å².